The highest BCUT2D eigenvalue weighted by atomic mass is 35.5. The molecule has 1 aliphatic rings. The number of rotatable bonds is 4. The Hall–Kier alpha value is -3.85. The Bertz CT molecular complexity index is 1420. The van der Waals surface area contributed by atoms with Gasteiger partial charge in [-0.15, -0.1) is 0 Å². The van der Waals surface area contributed by atoms with Crippen molar-refractivity contribution in [1.82, 2.24) is 24.2 Å². The number of fused-ring (bicyclic) bond motifs is 1. The second-order valence-corrected chi connectivity index (χ2v) is 8.51. The molecule has 174 valence electrons. The summed E-state index contributed by atoms with van der Waals surface area (Å²) in [6, 6.07) is 14.8. The van der Waals surface area contributed by atoms with Gasteiger partial charge >= 0.3 is 0 Å². The summed E-state index contributed by atoms with van der Waals surface area (Å²) in [6.45, 7) is 2.39. The van der Waals surface area contributed by atoms with Gasteiger partial charge < -0.3 is 19.1 Å². The summed E-state index contributed by atoms with van der Waals surface area (Å²) in [7, 11) is 3.26. The highest BCUT2D eigenvalue weighted by Gasteiger charge is 2.28. The Morgan fingerprint density at radius 2 is 1.76 bits per heavy atom. The van der Waals surface area contributed by atoms with Gasteiger partial charge in [-0.25, -0.2) is 9.67 Å². The maximum atomic E-state index is 13.5. The Labute approximate surface area is 200 Å². The van der Waals surface area contributed by atoms with Crippen molar-refractivity contribution in [2.75, 3.05) is 38.2 Å². The largest absolute Gasteiger partial charge is 0.497 e. The van der Waals surface area contributed by atoms with Crippen LogP contribution >= 0.6 is 11.6 Å². The average Bonchev–Trinajstić information content (AvgIpc) is 3.26. The first-order chi connectivity index (χ1) is 16.5. The highest BCUT2D eigenvalue weighted by Crippen LogP contribution is 2.24. The Balaban J connectivity index is 1.45. The molecular formula is C24H23ClN6O3. The molecule has 0 N–H and O–H groups in total. The molecule has 5 rings (SSSR count). The highest BCUT2D eigenvalue weighted by molar-refractivity contribution is 6.30. The molecule has 2 aromatic heterocycles. The van der Waals surface area contributed by atoms with E-state index < -0.39 is 0 Å². The van der Waals surface area contributed by atoms with Crippen LogP contribution in [0.15, 0.2) is 59.7 Å². The van der Waals surface area contributed by atoms with Gasteiger partial charge in [-0.2, -0.15) is 5.10 Å². The zero-order valence-electron chi connectivity index (χ0n) is 18.8. The molecular weight excluding hydrogens is 456 g/mol. The van der Waals surface area contributed by atoms with Crippen molar-refractivity contribution < 1.29 is 9.53 Å². The van der Waals surface area contributed by atoms with Gasteiger partial charge in [0.2, 0.25) is 0 Å². The molecule has 4 aromatic rings. The van der Waals surface area contributed by atoms with Crippen LogP contribution in [0, 0.1) is 0 Å². The predicted molar refractivity (Wildman–Crippen MR) is 130 cm³/mol. The molecule has 1 aliphatic heterocycles. The Morgan fingerprint density at radius 1 is 1.03 bits per heavy atom. The Morgan fingerprint density at radius 3 is 2.47 bits per heavy atom. The summed E-state index contributed by atoms with van der Waals surface area (Å²) in [4.78, 5) is 34.8. The first kappa shape index (κ1) is 22.0. The van der Waals surface area contributed by atoms with Crippen molar-refractivity contribution in [2.24, 2.45) is 7.05 Å². The van der Waals surface area contributed by atoms with E-state index in [0.717, 1.165) is 11.4 Å². The number of halogens is 1. The number of hydrogen-bond donors (Lipinski definition) is 0. The number of amides is 1. The van der Waals surface area contributed by atoms with Crippen LogP contribution in [0.1, 0.15) is 10.5 Å². The fourth-order valence-corrected chi connectivity index (χ4v) is 4.25. The third-order valence-corrected chi connectivity index (χ3v) is 6.25. The van der Waals surface area contributed by atoms with E-state index in [2.05, 4.69) is 15.0 Å². The van der Waals surface area contributed by atoms with Gasteiger partial charge in [0.1, 0.15) is 11.3 Å². The fraction of sp³-hybridized carbons (Fsp3) is 0.250. The first-order valence-corrected chi connectivity index (χ1v) is 11.2. The van der Waals surface area contributed by atoms with Gasteiger partial charge in [-0.05, 0) is 36.4 Å². The normalized spacial score (nSPS) is 14.0. The number of anilines is 1. The summed E-state index contributed by atoms with van der Waals surface area (Å²) < 4.78 is 8.17. The minimum atomic E-state index is -0.283. The molecule has 3 heterocycles. The van der Waals surface area contributed by atoms with Crippen LogP contribution in [-0.2, 0) is 7.05 Å². The van der Waals surface area contributed by atoms with Crippen molar-refractivity contribution in [2.45, 2.75) is 0 Å². The first-order valence-electron chi connectivity index (χ1n) is 10.8. The number of hydrogen-bond acceptors (Lipinski definition) is 6. The monoisotopic (exact) mass is 478 g/mol. The number of methoxy groups -OCH3 is 1. The van der Waals surface area contributed by atoms with Gasteiger partial charge in [0.15, 0.2) is 11.2 Å². The van der Waals surface area contributed by atoms with E-state index in [0.29, 0.717) is 42.4 Å². The number of piperazine rings is 1. The molecule has 10 heteroatoms. The molecule has 1 saturated heterocycles. The lowest BCUT2D eigenvalue weighted by Gasteiger charge is -2.35. The molecule has 0 spiro atoms. The van der Waals surface area contributed by atoms with Gasteiger partial charge in [0, 0.05) is 50.0 Å². The number of carbonyl (C=O) groups excluding carboxylic acids is 1. The number of carbonyl (C=O) groups is 1. The summed E-state index contributed by atoms with van der Waals surface area (Å²) in [6.07, 6.45) is 1.41. The third-order valence-electron chi connectivity index (χ3n) is 6.00. The molecule has 34 heavy (non-hydrogen) atoms. The lowest BCUT2D eigenvalue weighted by atomic mass is 10.2. The van der Waals surface area contributed by atoms with Gasteiger partial charge in [0.25, 0.3) is 11.5 Å². The van der Waals surface area contributed by atoms with E-state index in [1.165, 1.54) is 15.6 Å². The van der Waals surface area contributed by atoms with Crippen LogP contribution in [-0.4, -0.2) is 63.4 Å². The average molecular weight is 479 g/mol. The second-order valence-electron chi connectivity index (χ2n) is 8.08. The van der Waals surface area contributed by atoms with E-state index in [9.17, 15) is 9.59 Å². The zero-order chi connectivity index (χ0) is 23.8. The number of ether oxygens (including phenoxy) is 1. The van der Waals surface area contributed by atoms with E-state index >= 15 is 0 Å². The minimum Gasteiger partial charge on any atom is -0.497 e. The van der Waals surface area contributed by atoms with E-state index in [-0.39, 0.29) is 22.7 Å². The van der Waals surface area contributed by atoms with Crippen molar-refractivity contribution in [3.63, 3.8) is 0 Å². The molecule has 1 fully saturated rings. The summed E-state index contributed by atoms with van der Waals surface area (Å²) in [5.74, 6) is 0.548. The maximum Gasteiger partial charge on any atom is 0.279 e. The lowest BCUT2D eigenvalue weighted by Crippen LogP contribution is -2.49. The van der Waals surface area contributed by atoms with Crippen molar-refractivity contribution in [1.29, 1.82) is 0 Å². The van der Waals surface area contributed by atoms with Gasteiger partial charge in [-0.3, -0.25) is 9.59 Å². The third kappa shape index (κ3) is 3.88. The maximum absolute atomic E-state index is 13.5. The summed E-state index contributed by atoms with van der Waals surface area (Å²) in [5.41, 5.74) is 2.10. The fourth-order valence-electron chi connectivity index (χ4n) is 4.13. The number of aromatic nitrogens is 4. The molecule has 0 atom stereocenters. The van der Waals surface area contributed by atoms with Crippen molar-refractivity contribution >= 4 is 34.2 Å². The predicted octanol–water partition coefficient (Wildman–Crippen LogP) is 2.74. The molecule has 9 nitrogen and oxygen atoms in total. The Kier molecular flexibility index (Phi) is 5.70. The van der Waals surface area contributed by atoms with E-state index in [1.807, 2.05) is 24.3 Å². The quantitative estimate of drug-likeness (QED) is 0.448. The standard InChI is InChI=1S/C24H23ClN6O3/c1-28-15-26-20-21(27-31(22(20)24(28)33)17-8-6-16(25)7-9-17)23(32)30-12-10-29(11-13-30)18-4-3-5-19(14-18)34-2/h3-9,14-15H,10-13H2,1-2H3. The molecule has 0 aliphatic carbocycles. The SMILES string of the molecule is COc1cccc(N2CCN(C(=O)c3nn(-c4ccc(Cl)cc4)c4c(=O)n(C)cnc34)CC2)c1. The zero-order valence-corrected chi connectivity index (χ0v) is 19.6. The number of aryl methyl sites for hydroxylation is 1. The van der Waals surface area contributed by atoms with Crippen LogP contribution in [0.3, 0.4) is 0 Å². The molecule has 0 bridgehead atoms. The number of nitrogens with zero attached hydrogens (tertiary/aromatic N) is 6. The number of benzene rings is 2. The van der Waals surface area contributed by atoms with E-state index in [1.54, 1.807) is 43.3 Å². The smallest absolute Gasteiger partial charge is 0.279 e. The van der Waals surface area contributed by atoms with Crippen molar-refractivity contribution in [3.8, 4) is 11.4 Å². The molecule has 2 aromatic carbocycles. The van der Waals surface area contributed by atoms with Crippen LogP contribution in [0.2, 0.25) is 5.02 Å². The van der Waals surface area contributed by atoms with E-state index in [4.69, 9.17) is 16.3 Å². The molecule has 0 saturated carbocycles. The van der Waals surface area contributed by atoms with Crippen LogP contribution in [0.5, 0.6) is 5.75 Å². The topological polar surface area (TPSA) is 85.5 Å². The van der Waals surface area contributed by atoms with Crippen LogP contribution < -0.4 is 15.2 Å². The summed E-state index contributed by atoms with van der Waals surface area (Å²) in [5, 5.41) is 5.11. The molecule has 0 radical (unpaired) electrons. The van der Waals surface area contributed by atoms with Gasteiger partial charge in [0.05, 0.1) is 19.1 Å². The molecule has 0 unspecified atom stereocenters. The lowest BCUT2D eigenvalue weighted by molar-refractivity contribution is 0.0742. The molecule has 1 amide bonds. The van der Waals surface area contributed by atoms with Crippen LogP contribution in [0.4, 0.5) is 5.69 Å². The second kappa shape index (κ2) is 8.83. The minimum absolute atomic E-state index is 0.164. The van der Waals surface area contributed by atoms with Crippen molar-refractivity contribution in [3.05, 3.63) is 75.9 Å². The van der Waals surface area contributed by atoms with Crippen LogP contribution in [0.25, 0.3) is 16.7 Å². The summed E-state index contributed by atoms with van der Waals surface area (Å²) >= 11 is 6.02. The van der Waals surface area contributed by atoms with Gasteiger partial charge in [-0.1, -0.05) is 17.7 Å².